The Morgan fingerprint density at radius 1 is 1.21 bits per heavy atom. The molecule has 1 fully saturated rings. The van der Waals surface area contributed by atoms with E-state index in [2.05, 4.69) is 29.2 Å². The molecule has 1 aliphatic heterocycles. The van der Waals surface area contributed by atoms with Crippen molar-refractivity contribution in [2.75, 3.05) is 36.9 Å². The molecule has 1 aliphatic rings. The highest BCUT2D eigenvalue weighted by atomic mass is 16.5. The van der Waals surface area contributed by atoms with Crippen molar-refractivity contribution >= 4 is 17.3 Å². The maximum atomic E-state index is 12.4. The summed E-state index contributed by atoms with van der Waals surface area (Å²) < 4.78 is 11.0. The maximum absolute atomic E-state index is 12.4. The van der Waals surface area contributed by atoms with E-state index < -0.39 is 0 Å². The van der Waals surface area contributed by atoms with Gasteiger partial charge in [-0.15, -0.1) is 0 Å². The first kappa shape index (κ1) is 20.4. The largest absolute Gasteiger partial charge is 0.372 e. The van der Waals surface area contributed by atoms with Gasteiger partial charge >= 0.3 is 0 Å². The van der Waals surface area contributed by atoms with E-state index in [1.165, 1.54) is 0 Å². The van der Waals surface area contributed by atoms with Crippen LogP contribution in [0.3, 0.4) is 0 Å². The van der Waals surface area contributed by atoms with Crippen molar-refractivity contribution in [1.82, 2.24) is 10.1 Å². The molecule has 1 saturated heterocycles. The number of rotatable bonds is 6. The number of amides is 1. The van der Waals surface area contributed by atoms with Gasteiger partial charge in [-0.25, -0.2) is 0 Å². The molecule has 1 amide bonds. The van der Waals surface area contributed by atoms with Crippen molar-refractivity contribution in [3.8, 4) is 0 Å². The first-order valence-corrected chi connectivity index (χ1v) is 9.72. The van der Waals surface area contributed by atoms with Gasteiger partial charge in [0.05, 0.1) is 24.4 Å². The number of likely N-dealkylation sites (N-methyl/N-ethyl adjacent to an activating group) is 1. The highest BCUT2D eigenvalue weighted by Gasteiger charge is 2.22. The van der Waals surface area contributed by atoms with Crippen LogP contribution in [-0.2, 0) is 16.1 Å². The van der Waals surface area contributed by atoms with E-state index in [0.29, 0.717) is 13.1 Å². The zero-order valence-corrected chi connectivity index (χ0v) is 17.4. The van der Waals surface area contributed by atoms with E-state index in [9.17, 15) is 4.79 Å². The van der Waals surface area contributed by atoms with Crippen LogP contribution >= 0.6 is 0 Å². The molecule has 2 heterocycles. The van der Waals surface area contributed by atoms with Gasteiger partial charge < -0.3 is 19.5 Å². The molecular weight excluding hydrogens is 356 g/mol. The van der Waals surface area contributed by atoms with Crippen molar-refractivity contribution in [2.24, 2.45) is 0 Å². The second-order valence-corrected chi connectivity index (χ2v) is 7.73. The van der Waals surface area contributed by atoms with Crippen LogP contribution in [0, 0.1) is 13.8 Å². The van der Waals surface area contributed by atoms with Gasteiger partial charge in [-0.3, -0.25) is 9.69 Å². The van der Waals surface area contributed by atoms with Gasteiger partial charge in [0.2, 0.25) is 5.91 Å². The molecule has 0 spiro atoms. The summed E-state index contributed by atoms with van der Waals surface area (Å²) in [6.45, 7) is 10.7. The lowest BCUT2D eigenvalue weighted by Gasteiger charge is -2.36. The van der Waals surface area contributed by atoms with E-state index >= 15 is 0 Å². The van der Waals surface area contributed by atoms with E-state index in [0.717, 1.165) is 41.5 Å². The lowest BCUT2D eigenvalue weighted by Crippen LogP contribution is -2.45. The third kappa shape index (κ3) is 5.11. The number of hydrogen-bond acceptors (Lipinski definition) is 6. The summed E-state index contributed by atoms with van der Waals surface area (Å²) in [5.74, 6) is 0.753. The number of benzene rings is 1. The monoisotopic (exact) mass is 386 g/mol. The van der Waals surface area contributed by atoms with Gasteiger partial charge in [0.15, 0.2) is 0 Å². The SMILES string of the molecule is Cc1noc(C)c1CN(C)CC(=O)Nc1ccc(N2CC(C)OC(C)C2)cc1. The summed E-state index contributed by atoms with van der Waals surface area (Å²) in [5, 5.41) is 6.92. The Labute approximate surface area is 166 Å². The lowest BCUT2D eigenvalue weighted by molar-refractivity contribution is -0.117. The molecule has 2 atom stereocenters. The van der Waals surface area contributed by atoms with Crippen LogP contribution in [0.5, 0.6) is 0 Å². The number of aromatic nitrogens is 1. The first-order chi connectivity index (χ1) is 13.3. The van der Waals surface area contributed by atoms with Crippen LogP contribution in [0.25, 0.3) is 0 Å². The Morgan fingerprint density at radius 3 is 2.43 bits per heavy atom. The minimum atomic E-state index is -0.0457. The Balaban J connectivity index is 1.53. The number of carbonyl (C=O) groups excluding carboxylic acids is 1. The van der Waals surface area contributed by atoms with Gasteiger partial charge in [-0.05, 0) is 59.0 Å². The van der Waals surface area contributed by atoms with Crippen LogP contribution in [0.1, 0.15) is 30.9 Å². The fourth-order valence-electron chi connectivity index (χ4n) is 3.64. The fraction of sp³-hybridized carbons (Fsp3) is 0.524. The molecule has 2 aromatic rings. The Hall–Kier alpha value is -2.38. The zero-order chi connectivity index (χ0) is 20.3. The van der Waals surface area contributed by atoms with Crippen molar-refractivity contribution in [1.29, 1.82) is 0 Å². The van der Waals surface area contributed by atoms with Crippen molar-refractivity contribution in [3.63, 3.8) is 0 Å². The van der Waals surface area contributed by atoms with Gasteiger partial charge in [0.1, 0.15) is 5.76 Å². The van der Waals surface area contributed by atoms with Crippen LogP contribution < -0.4 is 10.2 Å². The molecule has 0 bridgehead atoms. The maximum Gasteiger partial charge on any atom is 0.238 e. The zero-order valence-electron chi connectivity index (χ0n) is 17.4. The van der Waals surface area contributed by atoms with Crippen LogP contribution in [-0.4, -0.2) is 54.9 Å². The van der Waals surface area contributed by atoms with Crippen molar-refractivity contribution in [3.05, 3.63) is 41.3 Å². The number of anilines is 2. The summed E-state index contributed by atoms with van der Waals surface area (Å²) in [6.07, 6.45) is 0.438. The highest BCUT2D eigenvalue weighted by molar-refractivity contribution is 5.92. The Bertz CT molecular complexity index is 773. The topological polar surface area (TPSA) is 70.8 Å². The smallest absolute Gasteiger partial charge is 0.238 e. The predicted molar refractivity (Wildman–Crippen MR) is 110 cm³/mol. The second kappa shape index (κ2) is 8.75. The number of hydrogen-bond donors (Lipinski definition) is 1. The van der Waals surface area contributed by atoms with Crippen LogP contribution in [0.4, 0.5) is 11.4 Å². The van der Waals surface area contributed by atoms with E-state index in [-0.39, 0.29) is 18.1 Å². The number of ether oxygens (including phenoxy) is 1. The summed E-state index contributed by atoms with van der Waals surface area (Å²) in [6, 6.07) is 8.00. The molecule has 2 unspecified atom stereocenters. The minimum absolute atomic E-state index is 0.0457. The first-order valence-electron chi connectivity index (χ1n) is 9.72. The second-order valence-electron chi connectivity index (χ2n) is 7.73. The summed E-state index contributed by atoms with van der Waals surface area (Å²) in [4.78, 5) is 16.6. The van der Waals surface area contributed by atoms with Gasteiger partial charge in [-0.1, -0.05) is 5.16 Å². The molecule has 28 heavy (non-hydrogen) atoms. The third-order valence-electron chi connectivity index (χ3n) is 4.96. The van der Waals surface area contributed by atoms with Crippen molar-refractivity contribution < 1.29 is 14.1 Å². The molecule has 3 rings (SSSR count). The van der Waals surface area contributed by atoms with E-state index in [1.54, 1.807) is 0 Å². The molecule has 0 saturated carbocycles. The molecular formula is C21H30N4O3. The molecule has 152 valence electrons. The summed E-state index contributed by atoms with van der Waals surface area (Å²) in [7, 11) is 1.91. The summed E-state index contributed by atoms with van der Waals surface area (Å²) >= 11 is 0. The Kier molecular flexibility index (Phi) is 6.36. The highest BCUT2D eigenvalue weighted by Crippen LogP contribution is 2.22. The summed E-state index contributed by atoms with van der Waals surface area (Å²) in [5.41, 5.74) is 3.85. The molecule has 0 aliphatic carbocycles. The number of aryl methyl sites for hydroxylation is 2. The van der Waals surface area contributed by atoms with Gasteiger partial charge in [0, 0.05) is 36.6 Å². The van der Waals surface area contributed by atoms with Crippen molar-refractivity contribution in [2.45, 2.75) is 46.4 Å². The molecule has 1 aromatic carbocycles. The normalized spacial score (nSPS) is 19.9. The number of morpholine rings is 1. The van der Waals surface area contributed by atoms with Crippen LogP contribution in [0.15, 0.2) is 28.8 Å². The van der Waals surface area contributed by atoms with E-state index in [1.807, 2.05) is 50.1 Å². The lowest BCUT2D eigenvalue weighted by atomic mass is 10.2. The number of nitrogens with zero attached hydrogens (tertiary/aromatic N) is 3. The third-order valence-corrected chi connectivity index (χ3v) is 4.96. The standard InChI is InChI=1S/C21H30N4O3/c1-14-10-25(11-15(2)27-14)19-8-6-18(7-9-19)22-21(26)13-24(5)12-20-16(3)23-28-17(20)4/h6-9,14-15H,10-13H2,1-5H3,(H,22,26). The van der Waals surface area contributed by atoms with Gasteiger partial charge in [0.25, 0.3) is 0 Å². The Morgan fingerprint density at radius 2 is 1.86 bits per heavy atom. The predicted octanol–water partition coefficient (Wildman–Crippen LogP) is 2.98. The van der Waals surface area contributed by atoms with E-state index in [4.69, 9.17) is 9.26 Å². The number of nitrogens with one attached hydrogen (secondary N) is 1. The molecule has 0 radical (unpaired) electrons. The quantitative estimate of drug-likeness (QED) is 0.823. The molecule has 7 nitrogen and oxygen atoms in total. The molecule has 7 heteroatoms. The van der Waals surface area contributed by atoms with Gasteiger partial charge in [-0.2, -0.15) is 0 Å². The van der Waals surface area contributed by atoms with Crippen LogP contribution in [0.2, 0.25) is 0 Å². The molecule has 1 aromatic heterocycles. The minimum Gasteiger partial charge on any atom is -0.372 e. The average Bonchev–Trinajstić information content (AvgIpc) is 2.93. The average molecular weight is 386 g/mol. The number of carbonyl (C=O) groups is 1. The fourth-order valence-corrected chi connectivity index (χ4v) is 3.64. The molecule has 1 N–H and O–H groups in total.